The van der Waals surface area contributed by atoms with E-state index in [1.807, 2.05) is 0 Å². The van der Waals surface area contributed by atoms with E-state index in [0.717, 1.165) is 12.8 Å². The van der Waals surface area contributed by atoms with Crippen molar-refractivity contribution in [1.82, 2.24) is 4.98 Å². The van der Waals surface area contributed by atoms with Crippen molar-refractivity contribution in [2.45, 2.75) is 26.7 Å². The molecule has 2 aromatic rings. The Balaban J connectivity index is 2.70. The van der Waals surface area contributed by atoms with Crippen LogP contribution < -0.4 is 0 Å². The normalized spacial score (nSPS) is 10.7. The van der Waals surface area contributed by atoms with Crippen LogP contribution in [-0.4, -0.2) is 4.98 Å². The highest BCUT2D eigenvalue weighted by Crippen LogP contribution is 2.17. The average molecular weight is 185 g/mol. The Bertz CT molecular complexity index is 446. The van der Waals surface area contributed by atoms with Crippen LogP contribution in [0.5, 0.6) is 0 Å². The standard InChI is InChI=1S/C13H15N/c1-3-10-6-5-7-11-8-9-12(4-2)14-13(10)11/h5-9H,3-4H2,1-2H3. The van der Waals surface area contributed by atoms with Gasteiger partial charge in [-0.05, 0) is 24.5 Å². The van der Waals surface area contributed by atoms with E-state index in [4.69, 9.17) is 0 Å². The fourth-order valence-electron chi connectivity index (χ4n) is 1.73. The van der Waals surface area contributed by atoms with Gasteiger partial charge >= 0.3 is 0 Å². The molecule has 0 fully saturated rings. The molecule has 72 valence electrons. The highest BCUT2D eigenvalue weighted by atomic mass is 14.7. The Morgan fingerprint density at radius 1 is 1.00 bits per heavy atom. The molecule has 2 rings (SSSR count). The number of benzene rings is 1. The number of hydrogen-bond acceptors (Lipinski definition) is 1. The highest BCUT2D eigenvalue weighted by Gasteiger charge is 2.00. The van der Waals surface area contributed by atoms with Gasteiger partial charge in [-0.1, -0.05) is 38.1 Å². The predicted molar refractivity (Wildman–Crippen MR) is 60.5 cm³/mol. The molecule has 1 aromatic heterocycles. The monoisotopic (exact) mass is 185 g/mol. The molecule has 0 bridgehead atoms. The minimum absolute atomic E-state index is 1.01. The topological polar surface area (TPSA) is 12.9 Å². The number of rotatable bonds is 2. The summed E-state index contributed by atoms with van der Waals surface area (Å²) in [5.41, 5.74) is 3.70. The lowest BCUT2D eigenvalue weighted by Gasteiger charge is -2.04. The summed E-state index contributed by atoms with van der Waals surface area (Å²) < 4.78 is 0. The second-order valence-electron chi connectivity index (χ2n) is 3.50. The van der Waals surface area contributed by atoms with E-state index in [0.29, 0.717) is 0 Å². The number of fused-ring (bicyclic) bond motifs is 1. The van der Waals surface area contributed by atoms with Crippen molar-refractivity contribution in [3.8, 4) is 0 Å². The second kappa shape index (κ2) is 3.79. The molecule has 0 aliphatic rings. The fraction of sp³-hybridized carbons (Fsp3) is 0.308. The van der Waals surface area contributed by atoms with Crippen LogP contribution in [0.1, 0.15) is 25.1 Å². The van der Waals surface area contributed by atoms with E-state index in [9.17, 15) is 0 Å². The predicted octanol–water partition coefficient (Wildman–Crippen LogP) is 3.36. The minimum atomic E-state index is 1.01. The van der Waals surface area contributed by atoms with E-state index in [1.54, 1.807) is 0 Å². The van der Waals surface area contributed by atoms with E-state index >= 15 is 0 Å². The third-order valence-corrected chi connectivity index (χ3v) is 2.60. The molecule has 1 aromatic carbocycles. The molecule has 0 aliphatic carbocycles. The van der Waals surface area contributed by atoms with Gasteiger partial charge in [0.1, 0.15) is 0 Å². The molecule has 0 N–H and O–H groups in total. The third kappa shape index (κ3) is 1.50. The van der Waals surface area contributed by atoms with Crippen LogP contribution in [0.2, 0.25) is 0 Å². The van der Waals surface area contributed by atoms with Gasteiger partial charge in [-0.2, -0.15) is 0 Å². The van der Waals surface area contributed by atoms with E-state index in [-0.39, 0.29) is 0 Å². The maximum Gasteiger partial charge on any atom is 0.0737 e. The summed E-state index contributed by atoms with van der Waals surface area (Å²) in [5, 5.41) is 1.25. The van der Waals surface area contributed by atoms with Gasteiger partial charge in [0.2, 0.25) is 0 Å². The molecule has 0 unspecified atom stereocenters. The highest BCUT2D eigenvalue weighted by molar-refractivity contribution is 5.81. The number of para-hydroxylation sites is 1. The maximum absolute atomic E-state index is 4.66. The minimum Gasteiger partial charge on any atom is -0.253 e. The fourth-order valence-corrected chi connectivity index (χ4v) is 1.73. The van der Waals surface area contributed by atoms with Crippen molar-refractivity contribution in [3.05, 3.63) is 41.6 Å². The Morgan fingerprint density at radius 2 is 1.86 bits per heavy atom. The quantitative estimate of drug-likeness (QED) is 0.699. The molecule has 14 heavy (non-hydrogen) atoms. The van der Waals surface area contributed by atoms with Gasteiger partial charge in [0, 0.05) is 11.1 Å². The van der Waals surface area contributed by atoms with Gasteiger partial charge in [-0.25, -0.2) is 0 Å². The number of pyridine rings is 1. The number of aryl methyl sites for hydroxylation is 2. The third-order valence-electron chi connectivity index (χ3n) is 2.60. The van der Waals surface area contributed by atoms with Crippen molar-refractivity contribution in [2.24, 2.45) is 0 Å². The first-order valence-corrected chi connectivity index (χ1v) is 5.22. The van der Waals surface area contributed by atoms with Gasteiger partial charge < -0.3 is 0 Å². The SMILES string of the molecule is CCc1ccc2cccc(CC)c2n1. The van der Waals surface area contributed by atoms with Crippen molar-refractivity contribution in [1.29, 1.82) is 0 Å². The Hall–Kier alpha value is -1.37. The lowest BCUT2D eigenvalue weighted by atomic mass is 10.1. The molecule has 0 amide bonds. The van der Waals surface area contributed by atoms with E-state index < -0.39 is 0 Å². The Morgan fingerprint density at radius 3 is 2.57 bits per heavy atom. The lowest BCUT2D eigenvalue weighted by Crippen LogP contribution is -1.91. The summed E-state index contributed by atoms with van der Waals surface area (Å²) >= 11 is 0. The van der Waals surface area contributed by atoms with Crippen LogP contribution in [0, 0.1) is 0 Å². The first-order valence-electron chi connectivity index (χ1n) is 5.22. The average Bonchev–Trinajstić information content (AvgIpc) is 2.27. The first-order chi connectivity index (χ1) is 6.85. The maximum atomic E-state index is 4.66. The molecule has 1 nitrogen and oxygen atoms in total. The molecular weight excluding hydrogens is 170 g/mol. The van der Waals surface area contributed by atoms with E-state index in [1.165, 1.54) is 22.2 Å². The van der Waals surface area contributed by atoms with Gasteiger partial charge in [0.05, 0.1) is 5.52 Å². The smallest absolute Gasteiger partial charge is 0.0737 e. The van der Waals surface area contributed by atoms with E-state index in [2.05, 4.69) is 49.2 Å². The van der Waals surface area contributed by atoms with Crippen LogP contribution in [0.3, 0.4) is 0 Å². The molecular formula is C13H15N. The van der Waals surface area contributed by atoms with Crippen LogP contribution in [0.4, 0.5) is 0 Å². The number of nitrogens with zero attached hydrogens (tertiary/aromatic N) is 1. The van der Waals surface area contributed by atoms with Crippen LogP contribution >= 0.6 is 0 Å². The second-order valence-corrected chi connectivity index (χ2v) is 3.50. The molecule has 0 saturated carbocycles. The molecule has 0 aliphatic heterocycles. The largest absolute Gasteiger partial charge is 0.253 e. The number of aromatic nitrogens is 1. The zero-order valence-corrected chi connectivity index (χ0v) is 8.75. The zero-order chi connectivity index (χ0) is 9.97. The van der Waals surface area contributed by atoms with Gasteiger partial charge in [-0.15, -0.1) is 0 Å². The van der Waals surface area contributed by atoms with Crippen LogP contribution in [0.25, 0.3) is 10.9 Å². The Kier molecular flexibility index (Phi) is 2.49. The molecule has 1 heteroatoms. The molecule has 1 heterocycles. The summed E-state index contributed by atoms with van der Waals surface area (Å²) in [5.74, 6) is 0. The first kappa shape index (κ1) is 9.20. The Labute approximate surface area is 84.8 Å². The summed E-state index contributed by atoms with van der Waals surface area (Å²) in [4.78, 5) is 4.66. The molecule has 0 radical (unpaired) electrons. The summed E-state index contributed by atoms with van der Waals surface area (Å²) in [6, 6.07) is 10.7. The molecule has 0 atom stereocenters. The number of hydrogen-bond donors (Lipinski definition) is 0. The van der Waals surface area contributed by atoms with Crippen molar-refractivity contribution in [3.63, 3.8) is 0 Å². The molecule has 0 saturated heterocycles. The summed E-state index contributed by atoms with van der Waals surface area (Å²) in [7, 11) is 0. The van der Waals surface area contributed by atoms with Gasteiger partial charge in [0.25, 0.3) is 0 Å². The van der Waals surface area contributed by atoms with Crippen molar-refractivity contribution in [2.75, 3.05) is 0 Å². The van der Waals surface area contributed by atoms with Gasteiger partial charge in [-0.3, -0.25) is 4.98 Å². The molecule has 0 spiro atoms. The summed E-state index contributed by atoms with van der Waals surface area (Å²) in [6.07, 6.45) is 2.06. The van der Waals surface area contributed by atoms with Gasteiger partial charge in [0.15, 0.2) is 0 Å². The van der Waals surface area contributed by atoms with Crippen molar-refractivity contribution >= 4 is 10.9 Å². The lowest BCUT2D eigenvalue weighted by molar-refractivity contribution is 1.05. The van der Waals surface area contributed by atoms with Crippen molar-refractivity contribution < 1.29 is 0 Å². The summed E-state index contributed by atoms with van der Waals surface area (Å²) in [6.45, 7) is 4.32. The van der Waals surface area contributed by atoms with Crippen LogP contribution in [-0.2, 0) is 12.8 Å². The zero-order valence-electron chi connectivity index (χ0n) is 8.75. The van der Waals surface area contributed by atoms with Crippen LogP contribution in [0.15, 0.2) is 30.3 Å².